The number of carbonyl (C=O) groups excluding carboxylic acids is 1. The van der Waals surface area contributed by atoms with Crippen molar-refractivity contribution < 1.29 is 9.53 Å². The summed E-state index contributed by atoms with van der Waals surface area (Å²) in [7, 11) is 0. The van der Waals surface area contributed by atoms with Crippen LogP contribution in [0.15, 0.2) is 36.5 Å². The van der Waals surface area contributed by atoms with Crippen LogP contribution in [0.25, 0.3) is 0 Å². The smallest absolute Gasteiger partial charge is 0.278 e. The lowest BCUT2D eigenvalue weighted by Gasteiger charge is -2.29. The summed E-state index contributed by atoms with van der Waals surface area (Å²) >= 11 is 0. The van der Waals surface area contributed by atoms with E-state index in [0.29, 0.717) is 24.9 Å². The number of ether oxygens (including phenoxy) is 1. The number of hydrogen-bond donors (Lipinski definition) is 1. The molecule has 0 spiro atoms. The lowest BCUT2D eigenvalue weighted by molar-refractivity contribution is 0.0970. The summed E-state index contributed by atoms with van der Waals surface area (Å²) in [6, 6.07) is 9.78. The SMILES string of the molecule is O=C(c1ccn([C@H]2CCCNC2)n1)N1CCOc2ccccc21. The summed E-state index contributed by atoms with van der Waals surface area (Å²) in [6.07, 6.45) is 4.16. The number of amides is 1. The largest absolute Gasteiger partial charge is 0.490 e. The first-order chi connectivity index (χ1) is 11.3. The highest BCUT2D eigenvalue weighted by Gasteiger charge is 2.26. The fraction of sp³-hybridized carbons (Fsp3) is 0.412. The number of fused-ring (bicyclic) bond motifs is 1. The molecule has 1 N–H and O–H groups in total. The average Bonchev–Trinajstić information content (AvgIpc) is 3.11. The normalized spacial score (nSPS) is 20.7. The molecule has 1 aromatic carbocycles. The van der Waals surface area contributed by atoms with Crippen LogP contribution in [0.4, 0.5) is 5.69 Å². The minimum Gasteiger partial charge on any atom is -0.490 e. The summed E-state index contributed by atoms with van der Waals surface area (Å²) < 4.78 is 7.53. The number of carbonyl (C=O) groups is 1. The zero-order chi connectivity index (χ0) is 15.6. The standard InChI is InChI=1S/C17H20N4O2/c22-17(20-10-11-23-16-6-2-1-5-15(16)20)14-7-9-21(19-14)13-4-3-8-18-12-13/h1-2,5-7,9,13,18H,3-4,8,10-12H2/t13-/m0/s1. The van der Waals surface area contributed by atoms with E-state index in [2.05, 4.69) is 10.4 Å². The first kappa shape index (κ1) is 14.3. The molecule has 1 atom stereocenters. The van der Waals surface area contributed by atoms with E-state index in [1.54, 1.807) is 4.90 Å². The summed E-state index contributed by atoms with van der Waals surface area (Å²) in [6.45, 7) is 3.04. The van der Waals surface area contributed by atoms with Crippen LogP contribution in [-0.4, -0.2) is 41.9 Å². The van der Waals surface area contributed by atoms with Crippen LogP contribution in [0.2, 0.25) is 0 Å². The van der Waals surface area contributed by atoms with Crippen LogP contribution in [0.5, 0.6) is 5.75 Å². The van der Waals surface area contributed by atoms with Gasteiger partial charge < -0.3 is 15.0 Å². The second-order valence-corrected chi connectivity index (χ2v) is 5.95. The maximum Gasteiger partial charge on any atom is 0.278 e. The monoisotopic (exact) mass is 312 g/mol. The Morgan fingerprint density at radius 1 is 1.30 bits per heavy atom. The fourth-order valence-electron chi connectivity index (χ4n) is 3.23. The van der Waals surface area contributed by atoms with Crippen molar-refractivity contribution in [3.05, 3.63) is 42.2 Å². The van der Waals surface area contributed by atoms with Crippen LogP contribution in [0.1, 0.15) is 29.4 Å². The zero-order valence-electron chi connectivity index (χ0n) is 12.9. The maximum absolute atomic E-state index is 12.8. The Morgan fingerprint density at radius 3 is 3.09 bits per heavy atom. The number of para-hydroxylation sites is 2. The number of nitrogens with one attached hydrogen (secondary N) is 1. The molecule has 4 rings (SSSR count). The summed E-state index contributed by atoms with van der Waals surface area (Å²) in [4.78, 5) is 14.6. The number of piperidine rings is 1. The fourth-order valence-corrected chi connectivity index (χ4v) is 3.23. The van der Waals surface area contributed by atoms with Crippen molar-refractivity contribution in [2.45, 2.75) is 18.9 Å². The van der Waals surface area contributed by atoms with E-state index >= 15 is 0 Å². The van der Waals surface area contributed by atoms with E-state index in [4.69, 9.17) is 4.74 Å². The van der Waals surface area contributed by atoms with Crippen molar-refractivity contribution in [1.29, 1.82) is 0 Å². The van der Waals surface area contributed by atoms with Gasteiger partial charge in [-0.1, -0.05) is 12.1 Å². The van der Waals surface area contributed by atoms with E-state index in [9.17, 15) is 4.79 Å². The molecule has 0 bridgehead atoms. The Labute approximate surface area is 135 Å². The van der Waals surface area contributed by atoms with E-state index in [1.165, 1.54) is 0 Å². The molecule has 6 nitrogen and oxygen atoms in total. The van der Waals surface area contributed by atoms with Crippen molar-refractivity contribution in [2.24, 2.45) is 0 Å². The predicted octanol–water partition coefficient (Wildman–Crippen LogP) is 1.85. The van der Waals surface area contributed by atoms with Crippen LogP contribution >= 0.6 is 0 Å². The number of aromatic nitrogens is 2. The Balaban J connectivity index is 1.57. The van der Waals surface area contributed by atoms with E-state index in [0.717, 1.165) is 37.4 Å². The molecule has 2 aliphatic rings. The highest BCUT2D eigenvalue weighted by atomic mass is 16.5. The minimum absolute atomic E-state index is 0.0664. The van der Waals surface area contributed by atoms with Crippen molar-refractivity contribution >= 4 is 11.6 Å². The Morgan fingerprint density at radius 2 is 2.22 bits per heavy atom. The van der Waals surface area contributed by atoms with E-state index in [1.807, 2.05) is 41.2 Å². The van der Waals surface area contributed by atoms with Gasteiger partial charge in [0.1, 0.15) is 12.4 Å². The second-order valence-electron chi connectivity index (χ2n) is 5.95. The van der Waals surface area contributed by atoms with Crippen LogP contribution in [-0.2, 0) is 0 Å². The molecule has 0 aliphatic carbocycles. The quantitative estimate of drug-likeness (QED) is 0.919. The van der Waals surface area contributed by atoms with Crippen molar-refractivity contribution in [2.75, 3.05) is 31.1 Å². The van der Waals surface area contributed by atoms with Gasteiger partial charge >= 0.3 is 0 Å². The molecule has 6 heteroatoms. The van der Waals surface area contributed by atoms with Gasteiger partial charge in [0.2, 0.25) is 0 Å². The third kappa shape index (κ3) is 2.70. The summed E-state index contributed by atoms with van der Waals surface area (Å²) in [5.74, 6) is 0.686. The van der Waals surface area contributed by atoms with Gasteiger partial charge in [-0.25, -0.2) is 0 Å². The Kier molecular flexibility index (Phi) is 3.75. The van der Waals surface area contributed by atoms with E-state index in [-0.39, 0.29) is 5.91 Å². The van der Waals surface area contributed by atoms with E-state index < -0.39 is 0 Å². The molecule has 2 aliphatic heterocycles. The average molecular weight is 312 g/mol. The molecular weight excluding hydrogens is 292 g/mol. The number of anilines is 1. The first-order valence-corrected chi connectivity index (χ1v) is 8.12. The molecule has 1 aromatic heterocycles. The Hall–Kier alpha value is -2.34. The molecule has 0 radical (unpaired) electrons. The first-order valence-electron chi connectivity index (χ1n) is 8.12. The van der Waals surface area contributed by atoms with Crippen LogP contribution in [0.3, 0.4) is 0 Å². The molecule has 2 aromatic rings. The van der Waals surface area contributed by atoms with Crippen LogP contribution < -0.4 is 15.0 Å². The molecule has 1 amide bonds. The summed E-state index contributed by atoms with van der Waals surface area (Å²) in [5.41, 5.74) is 1.31. The highest BCUT2D eigenvalue weighted by molar-refractivity contribution is 6.05. The van der Waals surface area contributed by atoms with Gasteiger partial charge in [-0.3, -0.25) is 9.48 Å². The lowest BCUT2D eigenvalue weighted by atomic mass is 10.1. The molecule has 3 heterocycles. The molecule has 1 fully saturated rings. The van der Waals surface area contributed by atoms with Gasteiger partial charge in [0, 0.05) is 12.7 Å². The molecule has 1 saturated heterocycles. The minimum atomic E-state index is -0.0664. The molecular formula is C17H20N4O2. The highest BCUT2D eigenvalue weighted by Crippen LogP contribution is 2.31. The molecule has 0 unspecified atom stereocenters. The van der Waals surface area contributed by atoms with Gasteiger partial charge in [0.15, 0.2) is 5.69 Å². The predicted molar refractivity (Wildman–Crippen MR) is 87.0 cm³/mol. The van der Waals surface area contributed by atoms with Gasteiger partial charge in [0.25, 0.3) is 5.91 Å². The lowest BCUT2D eigenvalue weighted by Crippen LogP contribution is -2.38. The molecule has 23 heavy (non-hydrogen) atoms. The number of benzene rings is 1. The Bertz CT molecular complexity index is 706. The van der Waals surface area contributed by atoms with Crippen molar-refractivity contribution in [3.8, 4) is 5.75 Å². The third-order valence-electron chi connectivity index (χ3n) is 4.45. The van der Waals surface area contributed by atoms with Gasteiger partial charge in [0.05, 0.1) is 18.3 Å². The third-order valence-corrected chi connectivity index (χ3v) is 4.45. The second kappa shape index (κ2) is 6.04. The number of rotatable bonds is 2. The topological polar surface area (TPSA) is 59.4 Å². The van der Waals surface area contributed by atoms with Gasteiger partial charge in [-0.2, -0.15) is 5.10 Å². The van der Waals surface area contributed by atoms with Crippen molar-refractivity contribution in [1.82, 2.24) is 15.1 Å². The van der Waals surface area contributed by atoms with Crippen molar-refractivity contribution in [3.63, 3.8) is 0 Å². The number of hydrogen-bond acceptors (Lipinski definition) is 4. The van der Waals surface area contributed by atoms with Gasteiger partial charge in [-0.05, 0) is 37.6 Å². The zero-order valence-corrected chi connectivity index (χ0v) is 12.9. The molecule has 120 valence electrons. The maximum atomic E-state index is 12.8. The van der Waals surface area contributed by atoms with Gasteiger partial charge in [-0.15, -0.1) is 0 Å². The number of nitrogens with zero attached hydrogens (tertiary/aromatic N) is 3. The molecule has 0 saturated carbocycles. The van der Waals surface area contributed by atoms with Crippen LogP contribution in [0, 0.1) is 0 Å². The summed E-state index contributed by atoms with van der Waals surface area (Å²) in [5, 5.41) is 7.90.